The maximum Gasteiger partial charge on any atom is 0.472 e. The summed E-state index contributed by atoms with van der Waals surface area (Å²) in [6.45, 7) is 0.951. The highest BCUT2D eigenvalue weighted by atomic mass is 31.2. The van der Waals surface area contributed by atoms with Gasteiger partial charge in [-0.15, -0.1) is 0 Å². The summed E-state index contributed by atoms with van der Waals surface area (Å²) in [6.07, 6.45) is -7.14. The van der Waals surface area contributed by atoms with Gasteiger partial charge in [0.2, 0.25) is 19.3 Å². The predicted molar refractivity (Wildman–Crippen MR) is 155 cm³/mol. The van der Waals surface area contributed by atoms with Crippen molar-refractivity contribution in [1.82, 2.24) is 0 Å². The third-order valence-electron chi connectivity index (χ3n) is 9.15. The highest BCUT2D eigenvalue weighted by molar-refractivity contribution is 7.46. The van der Waals surface area contributed by atoms with Crippen LogP contribution in [0.2, 0.25) is 0 Å². The molecule has 10 atom stereocenters. The molecular formula is C30H35O17P. The van der Waals surface area contributed by atoms with Gasteiger partial charge in [0.25, 0.3) is 0 Å². The van der Waals surface area contributed by atoms with Gasteiger partial charge in [0, 0.05) is 11.8 Å². The number of carbonyl (C=O) groups is 1. The number of phosphoric ester groups is 1. The summed E-state index contributed by atoms with van der Waals surface area (Å²) in [5.41, 5.74) is 1.78. The van der Waals surface area contributed by atoms with Crippen molar-refractivity contribution in [2.45, 2.75) is 55.9 Å². The van der Waals surface area contributed by atoms with Crippen LogP contribution in [0.5, 0.6) is 28.7 Å². The van der Waals surface area contributed by atoms with Crippen molar-refractivity contribution in [3.8, 4) is 28.7 Å². The van der Waals surface area contributed by atoms with E-state index in [0.29, 0.717) is 28.2 Å². The molecule has 2 aromatic rings. The molecule has 48 heavy (non-hydrogen) atoms. The fraction of sp³-hybridized carbons (Fsp3) is 0.567. The van der Waals surface area contributed by atoms with Gasteiger partial charge in [-0.3, -0.25) is 4.79 Å². The summed E-state index contributed by atoms with van der Waals surface area (Å²) < 4.78 is 73.0. The fourth-order valence-corrected chi connectivity index (χ4v) is 7.21. The van der Waals surface area contributed by atoms with Gasteiger partial charge >= 0.3 is 13.8 Å². The Morgan fingerprint density at radius 1 is 0.917 bits per heavy atom. The van der Waals surface area contributed by atoms with Crippen LogP contribution in [0, 0.1) is 11.8 Å². The van der Waals surface area contributed by atoms with Gasteiger partial charge in [0.05, 0.1) is 39.5 Å². The van der Waals surface area contributed by atoms with Crippen molar-refractivity contribution in [2.24, 2.45) is 11.8 Å². The van der Waals surface area contributed by atoms with Gasteiger partial charge in [-0.1, -0.05) is 0 Å². The second-order valence-corrected chi connectivity index (χ2v) is 13.1. The first-order valence-corrected chi connectivity index (χ1v) is 16.6. The van der Waals surface area contributed by atoms with E-state index in [0.717, 1.165) is 0 Å². The first kappa shape index (κ1) is 33.3. The van der Waals surface area contributed by atoms with Gasteiger partial charge in [0.1, 0.15) is 24.4 Å². The molecule has 0 aromatic heterocycles. The molecule has 4 N–H and O–H groups in total. The quantitative estimate of drug-likeness (QED) is 0.164. The van der Waals surface area contributed by atoms with Gasteiger partial charge in [-0.05, 0) is 47.9 Å². The number of ether oxygens (including phenoxy) is 10. The number of carbonyl (C=O) groups excluding carboxylic acids is 1. The van der Waals surface area contributed by atoms with E-state index in [2.05, 4.69) is 4.52 Å². The topological polar surface area (TPSA) is 217 Å². The van der Waals surface area contributed by atoms with E-state index in [1.807, 2.05) is 0 Å². The Bertz CT molecular complexity index is 1570. The number of esters is 1. The molecule has 4 heterocycles. The van der Waals surface area contributed by atoms with Crippen LogP contribution in [-0.4, -0.2) is 104 Å². The molecule has 17 nitrogen and oxygen atoms in total. The zero-order valence-electron chi connectivity index (χ0n) is 26.0. The standard InChI is InChI=1S/C30H35O17P/c1-12-39-9-21-28(45-12)24(31)25(32)30(46-21)47-26-15-7-18-17(41-10-42-18)6-14(15)22(23-16(26)8-40-29(23)33)13-4-19(37-2)27(20(5-13)38-3)43-11-44-48(34,35)36/h4-7,12,16,21-26,28,30-32H,8-11H2,1-3H3,(H2,34,35,36)/t12?,16-,21+,22+,23-,24?,25?,26?,28?,30?/m0/s1. The third kappa shape index (κ3) is 5.98. The number of hydrogen-bond donors (Lipinski definition) is 4. The van der Waals surface area contributed by atoms with Gasteiger partial charge in [-0.2, -0.15) is 0 Å². The molecule has 0 amide bonds. The first-order valence-electron chi connectivity index (χ1n) is 15.1. The van der Waals surface area contributed by atoms with Gasteiger partial charge in [-0.25, -0.2) is 9.09 Å². The number of benzene rings is 2. The number of aliphatic hydroxyl groups excluding tert-OH is 2. The molecule has 6 unspecified atom stereocenters. The van der Waals surface area contributed by atoms with E-state index < -0.39 is 81.4 Å². The molecule has 3 fully saturated rings. The molecule has 7 rings (SSSR count). The molecule has 0 saturated carbocycles. The van der Waals surface area contributed by atoms with Crippen LogP contribution in [-0.2, 0) is 37.6 Å². The maximum absolute atomic E-state index is 13.6. The summed E-state index contributed by atoms with van der Waals surface area (Å²) in [5, 5.41) is 22.1. The number of aliphatic hydroxyl groups is 2. The molecule has 0 bridgehead atoms. The molecule has 18 heteroatoms. The van der Waals surface area contributed by atoms with Crippen LogP contribution in [0.15, 0.2) is 24.3 Å². The van der Waals surface area contributed by atoms with Crippen molar-refractivity contribution in [3.05, 3.63) is 41.0 Å². The Kier molecular flexibility index (Phi) is 8.95. The summed E-state index contributed by atoms with van der Waals surface area (Å²) in [4.78, 5) is 31.7. The minimum atomic E-state index is -4.82. The minimum Gasteiger partial charge on any atom is -0.493 e. The van der Waals surface area contributed by atoms with Gasteiger partial charge < -0.3 is 67.4 Å². The van der Waals surface area contributed by atoms with E-state index in [1.54, 1.807) is 31.2 Å². The average Bonchev–Trinajstić information content (AvgIpc) is 3.68. The Morgan fingerprint density at radius 3 is 2.27 bits per heavy atom. The lowest BCUT2D eigenvalue weighted by Gasteiger charge is -2.47. The highest BCUT2D eigenvalue weighted by Gasteiger charge is 2.56. The monoisotopic (exact) mass is 698 g/mol. The minimum absolute atomic E-state index is 0.0102. The molecule has 3 saturated heterocycles. The van der Waals surface area contributed by atoms with E-state index in [1.165, 1.54) is 14.2 Å². The zero-order chi connectivity index (χ0) is 33.9. The molecule has 4 aliphatic heterocycles. The first-order chi connectivity index (χ1) is 23.0. The Labute approximate surface area is 273 Å². The third-order valence-corrected chi connectivity index (χ3v) is 9.59. The summed E-state index contributed by atoms with van der Waals surface area (Å²) >= 11 is 0. The van der Waals surface area contributed by atoms with Crippen LogP contribution in [0.3, 0.4) is 0 Å². The van der Waals surface area contributed by atoms with Crippen molar-refractivity contribution in [2.75, 3.05) is 41.0 Å². The average molecular weight is 699 g/mol. The zero-order valence-corrected chi connectivity index (χ0v) is 26.8. The number of methoxy groups -OCH3 is 2. The molecule has 0 spiro atoms. The fourth-order valence-electron chi connectivity index (χ4n) is 7.02. The summed E-state index contributed by atoms with van der Waals surface area (Å²) in [5.74, 6) is -1.42. The molecular weight excluding hydrogens is 663 g/mol. The van der Waals surface area contributed by atoms with Crippen LogP contribution >= 0.6 is 7.82 Å². The second-order valence-electron chi connectivity index (χ2n) is 11.9. The molecule has 262 valence electrons. The van der Waals surface area contributed by atoms with Crippen LogP contribution in [0.4, 0.5) is 0 Å². The predicted octanol–water partition coefficient (Wildman–Crippen LogP) is 1.08. The van der Waals surface area contributed by atoms with E-state index >= 15 is 0 Å². The molecule has 0 radical (unpaired) electrons. The van der Waals surface area contributed by atoms with Crippen molar-refractivity contribution in [1.29, 1.82) is 0 Å². The van der Waals surface area contributed by atoms with Crippen LogP contribution in [0.1, 0.15) is 35.6 Å². The number of cyclic esters (lactones) is 1. The van der Waals surface area contributed by atoms with E-state index in [4.69, 9.17) is 57.2 Å². The SMILES string of the molecule is COc1cc([C@@H]2c3cc4c(cc3C(OC3O[C@@H]5COC(C)OC5C(O)C3O)[C@H]3COC(=O)[C@H]23)OCO4)cc(OC)c1OCOP(=O)(O)O. The lowest BCUT2D eigenvalue weighted by molar-refractivity contribution is -0.364. The normalized spacial score (nSPS) is 33.7. The molecule has 1 aliphatic carbocycles. The Morgan fingerprint density at radius 2 is 1.60 bits per heavy atom. The Balaban J connectivity index is 1.28. The lowest BCUT2D eigenvalue weighted by Crippen LogP contribution is -2.63. The van der Waals surface area contributed by atoms with Crippen molar-refractivity contribution < 1.29 is 81.3 Å². The van der Waals surface area contributed by atoms with E-state index in [9.17, 15) is 19.6 Å². The lowest BCUT2D eigenvalue weighted by atomic mass is 9.66. The molecule has 2 aromatic carbocycles. The number of hydrogen-bond acceptors (Lipinski definition) is 15. The number of rotatable bonds is 9. The summed E-state index contributed by atoms with van der Waals surface area (Å²) in [6, 6.07) is 6.74. The van der Waals surface area contributed by atoms with Crippen molar-refractivity contribution in [3.63, 3.8) is 0 Å². The number of fused-ring (bicyclic) bond motifs is 4. The maximum atomic E-state index is 13.6. The smallest absolute Gasteiger partial charge is 0.472 e. The highest BCUT2D eigenvalue weighted by Crippen LogP contribution is 2.57. The molecule has 5 aliphatic rings. The van der Waals surface area contributed by atoms with Crippen LogP contribution in [0.25, 0.3) is 0 Å². The van der Waals surface area contributed by atoms with Crippen LogP contribution < -0.4 is 23.7 Å². The Hall–Kier alpha value is -3.22. The second kappa shape index (κ2) is 12.9. The summed E-state index contributed by atoms with van der Waals surface area (Å²) in [7, 11) is -2.08. The number of phosphoric acid groups is 1. The van der Waals surface area contributed by atoms with E-state index in [-0.39, 0.29) is 37.3 Å². The largest absolute Gasteiger partial charge is 0.493 e. The van der Waals surface area contributed by atoms with Crippen molar-refractivity contribution >= 4 is 13.8 Å². The van der Waals surface area contributed by atoms with Gasteiger partial charge in [0.15, 0.2) is 35.6 Å².